The number of carbonyl (C=O) groups is 2. The number of carboxylic acids is 1. The van der Waals surface area contributed by atoms with Gasteiger partial charge in [0.1, 0.15) is 6.04 Å². The van der Waals surface area contributed by atoms with E-state index in [1.807, 2.05) is 0 Å². The van der Waals surface area contributed by atoms with Crippen molar-refractivity contribution in [1.82, 2.24) is 9.21 Å². The van der Waals surface area contributed by atoms with Gasteiger partial charge >= 0.3 is 5.97 Å². The van der Waals surface area contributed by atoms with Gasteiger partial charge in [0.15, 0.2) is 0 Å². The summed E-state index contributed by atoms with van der Waals surface area (Å²) in [5, 5.41) is 9.04. The van der Waals surface area contributed by atoms with Gasteiger partial charge in [-0.2, -0.15) is 4.31 Å². The second-order valence-corrected chi connectivity index (χ2v) is 7.43. The predicted molar refractivity (Wildman–Crippen MR) is 71.5 cm³/mol. The molecule has 2 rings (SSSR count). The van der Waals surface area contributed by atoms with E-state index in [9.17, 15) is 18.0 Å². The number of hydrogen-bond acceptors (Lipinski definition) is 4. The zero-order chi connectivity index (χ0) is 14.9. The summed E-state index contributed by atoms with van der Waals surface area (Å²) in [7, 11) is -3.40. The lowest BCUT2D eigenvalue weighted by atomic mass is 9.97. The summed E-state index contributed by atoms with van der Waals surface area (Å²) >= 11 is 0. The number of nitrogens with zero attached hydrogens (tertiary/aromatic N) is 2. The van der Waals surface area contributed by atoms with Crippen molar-refractivity contribution in [2.75, 3.05) is 25.9 Å². The van der Waals surface area contributed by atoms with Crippen LogP contribution in [0.5, 0.6) is 0 Å². The van der Waals surface area contributed by atoms with Gasteiger partial charge < -0.3 is 10.0 Å². The first kappa shape index (κ1) is 15.2. The van der Waals surface area contributed by atoms with E-state index in [0.717, 1.165) is 6.26 Å². The fourth-order valence-electron chi connectivity index (χ4n) is 2.97. The van der Waals surface area contributed by atoms with Crippen molar-refractivity contribution in [3.8, 4) is 0 Å². The molecule has 2 heterocycles. The van der Waals surface area contributed by atoms with E-state index < -0.39 is 28.0 Å². The van der Waals surface area contributed by atoms with Gasteiger partial charge in [-0.3, -0.25) is 9.59 Å². The van der Waals surface area contributed by atoms with E-state index in [4.69, 9.17) is 5.11 Å². The first-order valence-electron chi connectivity index (χ1n) is 6.79. The second kappa shape index (κ2) is 5.69. The molecule has 0 aromatic carbocycles. The van der Waals surface area contributed by atoms with Crippen LogP contribution in [0.4, 0.5) is 0 Å². The van der Waals surface area contributed by atoms with Crippen molar-refractivity contribution in [1.29, 1.82) is 0 Å². The van der Waals surface area contributed by atoms with Crippen LogP contribution in [0.3, 0.4) is 0 Å². The average molecular weight is 304 g/mol. The lowest BCUT2D eigenvalue weighted by Crippen LogP contribution is -2.51. The standard InChI is InChI=1S/C12H20N2O5S/c1-20(18,19)14-7-3-5-10(14)11(15)13-6-2-4-9(8-13)12(16)17/h9-10H,2-8H2,1H3,(H,16,17)/t9-,10?/m0/s1. The molecule has 2 aliphatic rings. The molecular weight excluding hydrogens is 284 g/mol. The molecule has 0 aliphatic carbocycles. The van der Waals surface area contributed by atoms with Gasteiger partial charge in [0, 0.05) is 19.6 Å². The fourth-order valence-corrected chi connectivity index (χ4v) is 4.09. The van der Waals surface area contributed by atoms with Crippen molar-refractivity contribution < 1.29 is 23.1 Å². The zero-order valence-electron chi connectivity index (χ0n) is 11.5. The van der Waals surface area contributed by atoms with E-state index in [0.29, 0.717) is 38.8 Å². The third kappa shape index (κ3) is 3.12. The molecule has 7 nitrogen and oxygen atoms in total. The normalized spacial score (nSPS) is 28.6. The first-order valence-corrected chi connectivity index (χ1v) is 8.64. The third-order valence-corrected chi connectivity index (χ3v) is 5.29. The Hall–Kier alpha value is -1.15. The quantitative estimate of drug-likeness (QED) is 0.774. The van der Waals surface area contributed by atoms with E-state index in [1.54, 1.807) is 0 Å². The SMILES string of the molecule is CS(=O)(=O)N1CCCC1C(=O)N1CCC[C@H](C(=O)O)C1. The van der Waals surface area contributed by atoms with Crippen molar-refractivity contribution in [2.24, 2.45) is 5.92 Å². The van der Waals surface area contributed by atoms with Gasteiger partial charge in [-0.25, -0.2) is 8.42 Å². The molecule has 2 atom stereocenters. The molecule has 0 spiro atoms. The van der Waals surface area contributed by atoms with E-state index >= 15 is 0 Å². The number of carboxylic acid groups (broad SMARTS) is 1. The topological polar surface area (TPSA) is 95.0 Å². The average Bonchev–Trinajstić information content (AvgIpc) is 2.87. The Kier molecular flexibility index (Phi) is 4.33. The Morgan fingerprint density at radius 1 is 1.15 bits per heavy atom. The highest BCUT2D eigenvalue weighted by Gasteiger charge is 2.40. The summed E-state index contributed by atoms with van der Waals surface area (Å²) in [5.74, 6) is -1.69. The Morgan fingerprint density at radius 2 is 1.80 bits per heavy atom. The van der Waals surface area contributed by atoms with Crippen LogP contribution in [0, 0.1) is 5.92 Å². The second-order valence-electron chi connectivity index (χ2n) is 5.49. The lowest BCUT2D eigenvalue weighted by Gasteiger charge is -2.34. The summed E-state index contributed by atoms with van der Waals surface area (Å²) < 4.78 is 24.6. The van der Waals surface area contributed by atoms with E-state index in [-0.39, 0.29) is 12.5 Å². The van der Waals surface area contributed by atoms with Gasteiger partial charge in [-0.15, -0.1) is 0 Å². The largest absolute Gasteiger partial charge is 0.481 e. The molecule has 0 aromatic rings. The van der Waals surface area contributed by atoms with Crippen LogP contribution in [0.15, 0.2) is 0 Å². The van der Waals surface area contributed by atoms with Crippen LogP contribution in [0.25, 0.3) is 0 Å². The van der Waals surface area contributed by atoms with E-state index in [2.05, 4.69) is 0 Å². The Morgan fingerprint density at radius 3 is 2.40 bits per heavy atom. The van der Waals surface area contributed by atoms with E-state index in [1.165, 1.54) is 9.21 Å². The van der Waals surface area contributed by atoms with Gasteiger partial charge in [0.2, 0.25) is 15.9 Å². The molecule has 114 valence electrons. The minimum Gasteiger partial charge on any atom is -0.481 e. The molecule has 0 bridgehead atoms. The predicted octanol–water partition coefficient (Wildman–Crippen LogP) is -0.266. The Labute approximate surface area is 118 Å². The molecule has 1 N–H and O–H groups in total. The number of rotatable bonds is 3. The molecule has 0 saturated carbocycles. The number of aliphatic carboxylic acids is 1. The molecule has 8 heteroatoms. The highest BCUT2D eigenvalue weighted by Crippen LogP contribution is 2.25. The Bertz CT molecular complexity index is 504. The summed E-state index contributed by atoms with van der Waals surface area (Å²) in [4.78, 5) is 25.0. The number of carbonyl (C=O) groups excluding carboxylic acids is 1. The first-order chi connectivity index (χ1) is 9.30. The number of sulfonamides is 1. The number of likely N-dealkylation sites (tertiary alicyclic amines) is 1. The minimum absolute atomic E-state index is 0.183. The van der Waals surface area contributed by atoms with Crippen LogP contribution < -0.4 is 0 Å². The molecule has 1 unspecified atom stereocenters. The van der Waals surface area contributed by atoms with Crippen LogP contribution >= 0.6 is 0 Å². The van der Waals surface area contributed by atoms with Crippen LogP contribution in [-0.2, 0) is 19.6 Å². The zero-order valence-corrected chi connectivity index (χ0v) is 12.3. The summed E-state index contributed by atoms with van der Waals surface area (Å²) in [6.07, 6.45) is 3.50. The maximum atomic E-state index is 12.5. The molecular formula is C12H20N2O5S. The molecule has 20 heavy (non-hydrogen) atoms. The monoisotopic (exact) mass is 304 g/mol. The number of amides is 1. The molecule has 0 radical (unpaired) electrons. The molecule has 2 aliphatic heterocycles. The van der Waals surface area contributed by atoms with Gasteiger partial charge in [-0.1, -0.05) is 0 Å². The smallest absolute Gasteiger partial charge is 0.308 e. The van der Waals surface area contributed by atoms with Crippen LogP contribution in [0.1, 0.15) is 25.7 Å². The molecule has 1 amide bonds. The van der Waals surface area contributed by atoms with Gasteiger partial charge in [0.05, 0.1) is 12.2 Å². The highest BCUT2D eigenvalue weighted by molar-refractivity contribution is 7.88. The van der Waals surface area contributed by atoms with Crippen molar-refractivity contribution in [3.05, 3.63) is 0 Å². The van der Waals surface area contributed by atoms with Gasteiger partial charge in [0.25, 0.3) is 0 Å². The third-order valence-electron chi connectivity index (χ3n) is 4.00. The summed E-state index contributed by atoms with van der Waals surface area (Å²) in [6.45, 7) is 1.06. The Balaban J connectivity index is 2.09. The lowest BCUT2D eigenvalue weighted by molar-refractivity contribution is -0.146. The fraction of sp³-hybridized carbons (Fsp3) is 0.833. The summed E-state index contributed by atoms with van der Waals surface area (Å²) in [5.41, 5.74) is 0. The summed E-state index contributed by atoms with van der Waals surface area (Å²) in [6, 6.07) is -0.655. The molecule has 0 aromatic heterocycles. The maximum absolute atomic E-state index is 12.5. The minimum atomic E-state index is -3.40. The number of piperidine rings is 1. The van der Waals surface area contributed by atoms with Crippen LogP contribution in [-0.4, -0.2) is 66.5 Å². The molecule has 2 fully saturated rings. The van der Waals surface area contributed by atoms with Crippen molar-refractivity contribution >= 4 is 21.9 Å². The molecule has 2 saturated heterocycles. The van der Waals surface area contributed by atoms with Crippen molar-refractivity contribution in [3.63, 3.8) is 0 Å². The highest BCUT2D eigenvalue weighted by atomic mass is 32.2. The van der Waals surface area contributed by atoms with Crippen LogP contribution in [0.2, 0.25) is 0 Å². The maximum Gasteiger partial charge on any atom is 0.308 e. The van der Waals surface area contributed by atoms with Crippen molar-refractivity contribution in [2.45, 2.75) is 31.7 Å². The van der Waals surface area contributed by atoms with Gasteiger partial charge in [-0.05, 0) is 25.7 Å². The number of hydrogen-bond donors (Lipinski definition) is 1.